The lowest BCUT2D eigenvalue weighted by atomic mass is 9.72. The van der Waals surface area contributed by atoms with E-state index in [0.717, 1.165) is 6.42 Å². The highest BCUT2D eigenvalue weighted by Crippen LogP contribution is 2.41. The zero-order valence-electron chi connectivity index (χ0n) is 8.45. The minimum absolute atomic E-state index is 0.0339. The Balaban J connectivity index is 2.56. The van der Waals surface area contributed by atoms with Crippen molar-refractivity contribution in [2.75, 3.05) is 0 Å². The second kappa shape index (κ2) is 3.52. The largest absolute Gasteiger partial charge is 0.325 e. The molecule has 1 saturated carbocycles. The van der Waals surface area contributed by atoms with Gasteiger partial charge in [0.05, 0.1) is 0 Å². The average molecular weight is 191 g/mol. The molecular formula is C10H19F2N. The summed E-state index contributed by atoms with van der Waals surface area (Å²) < 4.78 is 25.7. The molecule has 0 spiro atoms. The van der Waals surface area contributed by atoms with Crippen molar-refractivity contribution in [3.8, 4) is 0 Å². The Hall–Kier alpha value is -0.180. The summed E-state index contributed by atoms with van der Waals surface area (Å²) in [6, 6.07) is 0. The maximum Gasteiger partial charge on any atom is 0.248 e. The van der Waals surface area contributed by atoms with Crippen molar-refractivity contribution < 1.29 is 8.78 Å². The van der Waals surface area contributed by atoms with Crippen LogP contribution in [0.15, 0.2) is 0 Å². The van der Waals surface area contributed by atoms with Gasteiger partial charge in [0.2, 0.25) is 5.92 Å². The van der Waals surface area contributed by atoms with Gasteiger partial charge in [-0.25, -0.2) is 8.78 Å². The molecule has 1 fully saturated rings. The molecule has 3 heteroatoms. The van der Waals surface area contributed by atoms with Crippen molar-refractivity contribution in [2.24, 2.45) is 11.7 Å². The quantitative estimate of drug-likeness (QED) is 0.713. The Morgan fingerprint density at radius 2 is 1.69 bits per heavy atom. The molecule has 1 nitrogen and oxygen atoms in total. The van der Waals surface area contributed by atoms with Gasteiger partial charge in [0.25, 0.3) is 0 Å². The maximum atomic E-state index is 12.9. The van der Waals surface area contributed by atoms with Crippen LogP contribution in [0.1, 0.15) is 46.0 Å². The summed E-state index contributed by atoms with van der Waals surface area (Å²) in [5, 5.41) is 0. The second-order valence-electron chi connectivity index (χ2n) is 4.40. The summed E-state index contributed by atoms with van der Waals surface area (Å²) in [5.41, 5.74) is 5.76. The molecule has 2 N–H and O–H groups in total. The first-order chi connectivity index (χ1) is 5.90. The molecule has 1 unspecified atom stereocenters. The smallest absolute Gasteiger partial charge is 0.248 e. The topological polar surface area (TPSA) is 26.0 Å². The Morgan fingerprint density at radius 1 is 1.23 bits per heavy atom. The normalized spacial score (nSPS) is 28.4. The molecule has 1 aliphatic rings. The highest BCUT2D eigenvalue weighted by atomic mass is 19.3. The fourth-order valence-electron chi connectivity index (χ4n) is 1.98. The summed E-state index contributed by atoms with van der Waals surface area (Å²) in [4.78, 5) is 0. The van der Waals surface area contributed by atoms with Gasteiger partial charge in [0.1, 0.15) is 0 Å². The molecule has 0 aromatic rings. The van der Waals surface area contributed by atoms with E-state index < -0.39 is 5.92 Å². The van der Waals surface area contributed by atoms with Crippen LogP contribution in [0.5, 0.6) is 0 Å². The first-order valence-electron chi connectivity index (χ1n) is 5.06. The average Bonchev–Trinajstić information content (AvgIpc) is 2.09. The van der Waals surface area contributed by atoms with Gasteiger partial charge in [0, 0.05) is 18.4 Å². The van der Waals surface area contributed by atoms with E-state index in [9.17, 15) is 8.78 Å². The summed E-state index contributed by atoms with van der Waals surface area (Å²) in [6.07, 6.45) is 1.84. The Morgan fingerprint density at radius 3 is 2.08 bits per heavy atom. The summed E-state index contributed by atoms with van der Waals surface area (Å²) in [5.74, 6) is -2.11. The van der Waals surface area contributed by atoms with E-state index in [-0.39, 0.29) is 18.4 Å². The van der Waals surface area contributed by atoms with Crippen molar-refractivity contribution in [3.05, 3.63) is 0 Å². The lowest BCUT2D eigenvalue weighted by molar-refractivity contribution is -0.0577. The van der Waals surface area contributed by atoms with Crippen LogP contribution < -0.4 is 5.73 Å². The van der Waals surface area contributed by atoms with Gasteiger partial charge in [-0.15, -0.1) is 0 Å². The molecular weight excluding hydrogens is 172 g/mol. The maximum absolute atomic E-state index is 12.9. The van der Waals surface area contributed by atoms with Crippen LogP contribution >= 0.6 is 0 Å². The third-order valence-electron chi connectivity index (χ3n) is 3.51. The Labute approximate surface area is 78.7 Å². The van der Waals surface area contributed by atoms with E-state index in [4.69, 9.17) is 5.73 Å². The highest BCUT2D eigenvalue weighted by molar-refractivity contribution is 4.95. The van der Waals surface area contributed by atoms with E-state index in [1.54, 1.807) is 0 Å². The van der Waals surface area contributed by atoms with Gasteiger partial charge in [0.15, 0.2) is 0 Å². The van der Waals surface area contributed by atoms with E-state index in [0.29, 0.717) is 18.8 Å². The molecule has 1 atom stereocenters. The molecule has 13 heavy (non-hydrogen) atoms. The molecule has 0 bridgehead atoms. The molecule has 78 valence electrons. The molecule has 1 aliphatic carbocycles. The lowest BCUT2D eigenvalue weighted by Gasteiger charge is -2.41. The molecule has 0 aromatic heterocycles. The van der Waals surface area contributed by atoms with E-state index >= 15 is 0 Å². The third kappa shape index (κ3) is 2.39. The Bertz CT molecular complexity index is 170. The van der Waals surface area contributed by atoms with Gasteiger partial charge in [-0.05, 0) is 18.8 Å². The molecule has 0 amide bonds. The Kier molecular flexibility index (Phi) is 2.95. The summed E-state index contributed by atoms with van der Waals surface area (Å²) in [7, 11) is 0. The number of hydrogen-bond donors (Lipinski definition) is 1. The zero-order chi connectivity index (χ0) is 10.1. The standard InChI is InChI=1S/C10H19F2N/c1-3-8(2)9(13)4-6-10(11,12)7-5-9/h8H,3-7,13H2,1-2H3. The second-order valence-corrected chi connectivity index (χ2v) is 4.40. The van der Waals surface area contributed by atoms with Crippen molar-refractivity contribution in [3.63, 3.8) is 0 Å². The first kappa shape index (κ1) is 10.9. The number of halogens is 2. The predicted octanol–water partition coefficient (Wildman–Crippen LogP) is 2.94. The van der Waals surface area contributed by atoms with Crippen LogP contribution in [0, 0.1) is 5.92 Å². The van der Waals surface area contributed by atoms with Crippen LogP contribution in [-0.2, 0) is 0 Å². The predicted molar refractivity (Wildman–Crippen MR) is 49.8 cm³/mol. The van der Waals surface area contributed by atoms with Crippen molar-refractivity contribution in [2.45, 2.75) is 57.4 Å². The van der Waals surface area contributed by atoms with E-state index in [1.165, 1.54) is 0 Å². The molecule has 0 aliphatic heterocycles. The minimum Gasteiger partial charge on any atom is -0.325 e. The number of hydrogen-bond acceptors (Lipinski definition) is 1. The van der Waals surface area contributed by atoms with Gasteiger partial charge < -0.3 is 5.73 Å². The molecule has 0 radical (unpaired) electrons. The van der Waals surface area contributed by atoms with Crippen LogP contribution in [0.2, 0.25) is 0 Å². The highest BCUT2D eigenvalue weighted by Gasteiger charge is 2.43. The van der Waals surface area contributed by atoms with Gasteiger partial charge in [-0.3, -0.25) is 0 Å². The molecule has 0 heterocycles. The molecule has 0 saturated heterocycles. The summed E-state index contributed by atoms with van der Waals surface area (Å²) >= 11 is 0. The summed E-state index contributed by atoms with van der Waals surface area (Å²) in [6.45, 7) is 4.12. The van der Waals surface area contributed by atoms with E-state index in [2.05, 4.69) is 13.8 Å². The lowest BCUT2D eigenvalue weighted by Crippen LogP contribution is -2.50. The SMILES string of the molecule is CCC(C)C1(N)CCC(F)(F)CC1. The van der Waals surface area contributed by atoms with Gasteiger partial charge in [-0.2, -0.15) is 0 Å². The third-order valence-corrected chi connectivity index (χ3v) is 3.51. The van der Waals surface area contributed by atoms with E-state index in [1.807, 2.05) is 0 Å². The zero-order valence-corrected chi connectivity index (χ0v) is 8.45. The minimum atomic E-state index is -2.46. The molecule has 0 aromatic carbocycles. The first-order valence-corrected chi connectivity index (χ1v) is 5.06. The van der Waals surface area contributed by atoms with Crippen LogP contribution in [0.3, 0.4) is 0 Å². The van der Waals surface area contributed by atoms with Gasteiger partial charge in [-0.1, -0.05) is 20.3 Å². The van der Waals surface area contributed by atoms with Gasteiger partial charge >= 0.3 is 0 Å². The number of alkyl halides is 2. The number of nitrogens with two attached hydrogens (primary N) is 1. The fraction of sp³-hybridized carbons (Fsp3) is 1.00. The molecule has 1 rings (SSSR count). The monoisotopic (exact) mass is 191 g/mol. The van der Waals surface area contributed by atoms with Crippen molar-refractivity contribution in [1.29, 1.82) is 0 Å². The van der Waals surface area contributed by atoms with Crippen LogP contribution in [0.25, 0.3) is 0 Å². The van der Waals surface area contributed by atoms with Crippen molar-refractivity contribution in [1.82, 2.24) is 0 Å². The van der Waals surface area contributed by atoms with Crippen LogP contribution in [0.4, 0.5) is 8.78 Å². The fourth-order valence-corrected chi connectivity index (χ4v) is 1.98. The van der Waals surface area contributed by atoms with Crippen LogP contribution in [-0.4, -0.2) is 11.5 Å². The number of rotatable bonds is 2. The van der Waals surface area contributed by atoms with Crippen molar-refractivity contribution >= 4 is 0 Å².